The Morgan fingerprint density at radius 1 is 1.38 bits per heavy atom. The van der Waals surface area contributed by atoms with Gasteiger partial charge in [0.15, 0.2) is 11.6 Å². The SMILES string of the molecule is NCc1coc(Oc2ccc(F)cc2F)n1. The van der Waals surface area contributed by atoms with Gasteiger partial charge in [0, 0.05) is 12.6 Å². The van der Waals surface area contributed by atoms with Crippen LogP contribution >= 0.6 is 0 Å². The lowest BCUT2D eigenvalue weighted by molar-refractivity contribution is 0.317. The second-order valence-electron chi connectivity index (χ2n) is 2.99. The van der Waals surface area contributed by atoms with Gasteiger partial charge < -0.3 is 14.9 Å². The number of ether oxygens (including phenoxy) is 1. The van der Waals surface area contributed by atoms with Crippen molar-refractivity contribution in [2.75, 3.05) is 0 Å². The van der Waals surface area contributed by atoms with Gasteiger partial charge in [-0.1, -0.05) is 0 Å². The van der Waals surface area contributed by atoms with Crippen molar-refractivity contribution < 1.29 is 17.9 Å². The first kappa shape index (κ1) is 10.6. The molecule has 1 heterocycles. The third-order valence-corrected chi connectivity index (χ3v) is 1.83. The normalized spacial score (nSPS) is 10.4. The maximum Gasteiger partial charge on any atom is 0.399 e. The predicted octanol–water partition coefficient (Wildman–Crippen LogP) is 2.20. The Kier molecular flexibility index (Phi) is 2.82. The smallest absolute Gasteiger partial charge is 0.399 e. The maximum absolute atomic E-state index is 13.2. The Morgan fingerprint density at radius 2 is 2.19 bits per heavy atom. The van der Waals surface area contributed by atoms with Crippen LogP contribution in [0.4, 0.5) is 8.78 Å². The molecule has 0 amide bonds. The summed E-state index contributed by atoms with van der Waals surface area (Å²) in [6, 6.07) is 2.93. The van der Waals surface area contributed by atoms with Crippen molar-refractivity contribution >= 4 is 0 Å². The quantitative estimate of drug-likeness (QED) is 0.871. The highest BCUT2D eigenvalue weighted by Gasteiger charge is 2.10. The first-order valence-corrected chi connectivity index (χ1v) is 4.46. The third-order valence-electron chi connectivity index (χ3n) is 1.83. The minimum absolute atomic E-state index is 0.133. The molecule has 0 spiro atoms. The highest BCUT2D eigenvalue weighted by molar-refractivity contribution is 5.26. The number of oxazole rings is 1. The van der Waals surface area contributed by atoms with Crippen LogP contribution < -0.4 is 10.5 Å². The van der Waals surface area contributed by atoms with Gasteiger partial charge in [0.25, 0.3) is 0 Å². The van der Waals surface area contributed by atoms with Crippen molar-refractivity contribution in [2.24, 2.45) is 5.73 Å². The van der Waals surface area contributed by atoms with E-state index in [1.54, 1.807) is 0 Å². The highest BCUT2D eigenvalue weighted by Crippen LogP contribution is 2.24. The topological polar surface area (TPSA) is 61.3 Å². The molecule has 1 aromatic carbocycles. The number of aromatic nitrogens is 1. The summed E-state index contributed by atoms with van der Waals surface area (Å²) in [5, 5.41) is 0. The molecule has 16 heavy (non-hydrogen) atoms. The molecule has 0 bridgehead atoms. The molecule has 0 saturated heterocycles. The standard InChI is InChI=1S/C10H8F2N2O2/c11-6-1-2-9(8(12)3-6)16-10-14-7(4-13)5-15-10/h1-3,5H,4,13H2. The van der Waals surface area contributed by atoms with Gasteiger partial charge in [-0.15, -0.1) is 0 Å². The number of halogens is 2. The van der Waals surface area contributed by atoms with Crippen molar-refractivity contribution in [2.45, 2.75) is 6.54 Å². The van der Waals surface area contributed by atoms with Crippen molar-refractivity contribution in [1.82, 2.24) is 4.98 Å². The van der Waals surface area contributed by atoms with E-state index in [1.807, 2.05) is 0 Å². The molecule has 0 aliphatic carbocycles. The molecule has 0 aliphatic heterocycles. The zero-order valence-electron chi connectivity index (χ0n) is 8.11. The van der Waals surface area contributed by atoms with Crippen LogP contribution in [0, 0.1) is 11.6 Å². The fourth-order valence-corrected chi connectivity index (χ4v) is 1.08. The Bertz CT molecular complexity index is 499. The molecule has 1 aromatic heterocycles. The molecular formula is C10H8F2N2O2. The van der Waals surface area contributed by atoms with Crippen molar-refractivity contribution in [3.63, 3.8) is 0 Å². The lowest BCUT2D eigenvalue weighted by atomic mass is 10.3. The number of hydrogen-bond acceptors (Lipinski definition) is 4. The molecule has 4 nitrogen and oxygen atoms in total. The predicted molar refractivity (Wildman–Crippen MR) is 50.8 cm³/mol. The van der Waals surface area contributed by atoms with Crippen LogP contribution in [0.1, 0.15) is 5.69 Å². The first-order chi connectivity index (χ1) is 7.69. The van der Waals surface area contributed by atoms with E-state index < -0.39 is 11.6 Å². The lowest BCUT2D eigenvalue weighted by Gasteiger charge is -2.01. The Hall–Kier alpha value is -1.95. The average Bonchev–Trinajstić information content (AvgIpc) is 2.70. The summed E-state index contributed by atoms with van der Waals surface area (Å²) in [4.78, 5) is 3.81. The molecule has 2 aromatic rings. The van der Waals surface area contributed by atoms with Crippen LogP contribution in [0.2, 0.25) is 0 Å². The van der Waals surface area contributed by atoms with Crippen LogP contribution in [-0.4, -0.2) is 4.98 Å². The summed E-state index contributed by atoms with van der Waals surface area (Å²) in [5.41, 5.74) is 5.79. The Morgan fingerprint density at radius 3 is 2.81 bits per heavy atom. The van der Waals surface area contributed by atoms with Crippen molar-refractivity contribution in [3.05, 3.63) is 41.8 Å². The molecule has 2 rings (SSSR count). The number of benzene rings is 1. The maximum atomic E-state index is 13.2. The van der Waals surface area contributed by atoms with Gasteiger partial charge in [-0.3, -0.25) is 0 Å². The van der Waals surface area contributed by atoms with E-state index >= 15 is 0 Å². The summed E-state index contributed by atoms with van der Waals surface area (Å²) in [6.07, 6.45) is 1.17. The van der Waals surface area contributed by atoms with Crippen molar-refractivity contribution in [1.29, 1.82) is 0 Å². The van der Waals surface area contributed by atoms with E-state index in [4.69, 9.17) is 14.9 Å². The molecule has 6 heteroatoms. The summed E-state index contributed by atoms with van der Waals surface area (Å²) in [7, 11) is 0. The minimum atomic E-state index is -0.826. The van der Waals surface area contributed by atoms with Gasteiger partial charge in [0.2, 0.25) is 0 Å². The van der Waals surface area contributed by atoms with E-state index in [0.717, 1.165) is 12.1 Å². The van der Waals surface area contributed by atoms with Gasteiger partial charge in [-0.05, 0) is 12.1 Å². The molecule has 84 valence electrons. The van der Waals surface area contributed by atoms with E-state index in [2.05, 4.69) is 4.98 Å². The van der Waals surface area contributed by atoms with Gasteiger partial charge in [-0.2, -0.15) is 4.98 Å². The van der Waals surface area contributed by atoms with E-state index in [0.29, 0.717) is 11.8 Å². The van der Waals surface area contributed by atoms with Crippen LogP contribution in [-0.2, 0) is 6.54 Å². The molecule has 0 saturated carbocycles. The lowest BCUT2D eigenvalue weighted by Crippen LogP contribution is -1.96. The number of rotatable bonds is 3. The van der Waals surface area contributed by atoms with Crippen LogP contribution in [0.3, 0.4) is 0 Å². The molecular weight excluding hydrogens is 218 g/mol. The average molecular weight is 226 g/mol. The van der Waals surface area contributed by atoms with Gasteiger partial charge in [-0.25, -0.2) is 8.78 Å². The molecule has 0 aliphatic rings. The second kappa shape index (κ2) is 4.28. The zero-order valence-corrected chi connectivity index (χ0v) is 8.11. The van der Waals surface area contributed by atoms with Gasteiger partial charge in [0.05, 0.1) is 5.69 Å². The summed E-state index contributed by atoms with van der Waals surface area (Å²) in [5.74, 6) is -1.67. The monoisotopic (exact) mass is 226 g/mol. The Balaban J connectivity index is 2.20. The zero-order chi connectivity index (χ0) is 11.5. The highest BCUT2D eigenvalue weighted by atomic mass is 19.1. The number of nitrogens with zero attached hydrogens (tertiary/aromatic N) is 1. The molecule has 0 atom stereocenters. The number of nitrogens with two attached hydrogens (primary N) is 1. The fourth-order valence-electron chi connectivity index (χ4n) is 1.08. The van der Waals surface area contributed by atoms with E-state index in [1.165, 1.54) is 6.26 Å². The molecule has 0 unspecified atom stereocenters. The number of hydrogen-bond donors (Lipinski definition) is 1. The Labute approximate surface area is 89.7 Å². The fraction of sp³-hybridized carbons (Fsp3) is 0.100. The summed E-state index contributed by atoms with van der Waals surface area (Å²) >= 11 is 0. The third kappa shape index (κ3) is 2.17. The first-order valence-electron chi connectivity index (χ1n) is 4.46. The molecule has 2 N–H and O–H groups in total. The van der Waals surface area contributed by atoms with Gasteiger partial charge >= 0.3 is 6.08 Å². The summed E-state index contributed by atoms with van der Waals surface area (Å²) in [6.45, 7) is 0.193. The summed E-state index contributed by atoms with van der Waals surface area (Å²) < 4.78 is 35.6. The van der Waals surface area contributed by atoms with Crippen LogP contribution in [0.15, 0.2) is 28.9 Å². The van der Waals surface area contributed by atoms with Crippen molar-refractivity contribution in [3.8, 4) is 11.8 Å². The van der Waals surface area contributed by atoms with E-state index in [9.17, 15) is 8.78 Å². The molecule has 0 fully saturated rings. The van der Waals surface area contributed by atoms with E-state index in [-0.39, 0.29) is 18.4 Å². The molecule has 0 radical (unpaired) electrons. The minimum Gasteiger partial charge on any atom is -0.417 e. The second-order valence-corrected chi connectivity index (χ2v) is 2.99. The van der Waals surface area contributed by atoms with Crippen LogP contribution in [0.25, 0.3) is 0 Å². The van der Waals surface area contributed by atoms with Gasteiger partial charge in [0.1, 0.15) is 12.1 Å². The van der Waals surface area contributed by atoms with Crippen LogP contribution in [0.5, 0.6) is 11.8 Å². The largest absolute Gasteiger partial charge is 0.417 e.